The van der Waals surface area contributed by atoms with Crippen LogP contribution in [0.15, 0.2) is 18.3 Å². The molecule has 0 N–H and O–H groups in total. The molecule has 0 amide bonds. The lowest BCUT2D eigenvalue weighted by molar-refractivity contribution is 0.0439. The average molecular weight is 248 g/mol. The predicted octanol–water partition coefficient (Wildman–Crippen LogP) is 2.29. The standard InChI is InChI=1S/C14H20N2O2/c1-2-8-18-13-4-3-7-16(10-13)14-6-5-12(11-17)9-15-14/h5-6,9,11,13H,2-4,7-8,10H2,1H3. The van der Waals surface area contributed by atoms with Crippen molar-refractivity contribution < 1.29 is 9.53 Å². The van der Waals surface area contributed by atoms with E-state index in [-0.39, 0.29) is 0 Å². The van der Waals surface area contributed by atoms with E-state index in [1.165, 1.54) is 0 Å². The van der Waals surface area contributed by atoms with Gasteiger partial charge in [0.25, 0.3) is 0 Å². The van der Waals surface area contributed by atoms with Crippen LogP contribution in [-0.2, 0) is 4.74 Å². The zero-order valence-electron chi connectivity index (χ0n) is 10.8. The van der Waals surface area contributed by atoms with Crippen molar-refractivity contribution >= 4 is 12.1 Å². The molecule has 1 aromatic heterocycles. The molecule has 0 aliphatic carbocycles. The Labute approximate surface area is 108 Å². The molecule has 2 heterocycles. The Morgan fingerprint density at radius 2 is 2.44 bits per heavy atom. The smallest absolute Gasteiger partial charge is 0.151 e. The first-order chi connectivity index (χ1) is 8.83. The van der Waals surface area contributed by atoms with Gasteiger partial charge in [-0.2, -0.15) is 0 Å². The number of anilines is 1. The van der Waals surface area contributed by atoms with Crippen LogP contribution in [-0.4, -0.2) is 37.1 Å². The number of aldehydes is 1. The third-order valence-electron chi connectivity index (χ3n) is 3.17. The monoisotopic (exact) mass is 248 g/mol. The van der Waals surface area contributed by atoms with E-state index in [1.807, 2.05) is 12.1 Å². The second-order valence-electron chi connectivity index (χ2n) is 4.65. The van der Waals surface area contributed by atoms with E-state index in [0.717, 1.165) is 51.1 Å². The number of ether oxygens (including phenoxy) is 1. The van der Waals surface area contributed by atoms with Crippen LogP contribution in [0.5, 0.6) is 0 Å². The Kier molecular flexibility index (Phi) is 4.70. The van der Waals surface area contributed by atoms with Gasteiger partial charge >= 0.3 is 0 Å². The molecule has 1 unspecified atom stereocenters. The molecule has 1 fully saturated rings. The molecule has 1 atom stereocenters. The maximum atomic E-state index is 10.6. The molecule has 18 heavy (non-hydrogen) atoms. The van der Waals surface area contributed by atoms with Crippen molar-refractivity contribution in [3.05, 3.63) is 23.9 Å². The van der Waals surface area contributed by atoms with E-state index in [9.17, 15) is 4.79 Å². The molecule has 4 nitrogen and oxygen atoms in total. The van der Waals surface area contributed by atoms with Gasteiger partial charge in [-0.05, 0) is 31.4 Å². The van der Waals surface area contributed by atoms with Crippen LogP contribution in [0.25, 0.3) is 0 Å². The van der Waals surface area contributed by atoms with E-state index in [0.29, 0.717) is 11.7 Å². The first-order valence-corrected chi connectivity index (χ1v) is 6.61. The van der Waals surface area contributed by atoms with E-state index in [1.54, 1.807) is 6.20 Å². The summed E-state index contributed by atoms with van der Waals surface area (Å²) in [6.07, 6.45) is 6.07. The zero-order valence-corrected chi connectivity index (χ0v) is 10.8. The topological polar surface area (TPSA) is 42.4 Å². The summed E-state index contributed by atoms with van der Waals surface area (Å²) < 4.78 is 5.80. The molecule has 98 valence electrons. The molecule has 0 bridgehead atoms. The highest BCUT2D eigenvalue weighted by Crippen LogP contribution is 2.19. The maximum absolute atomic E-state index is 10.6. The molecule has 1 aliphatic heterocycles. The van der Waals surface area contributed by atoms with Gasteiger partial charge in [-0.25, -0.2) is 4.98 Å². The number of rotatable bonds is 5. The lowest BCUT2D eigenvalue weighted by Gasteiger charge is -2.33. The maximum Gasteiger partial charge on any atom is 0.151 e. The number of carbonyl (C=O) groups is 1. The van der Waals surface area contributed by atoms with E-state index in [4.69, 9.17) is 4.74 Å². The molecule has 0 spiro atoms. The van der Waals surface area contributed by atoms with Crippen molar-refractivity contribution in [2.75, 3.05) is 24.6 Å². The van der Waals surface area contributed by atoms with Gasteiger partial charge in [0, 0.05) is 31.5 Å². The van der Waals surface area contributed by atoms with Crippen molar-refractivity contribution in [1.29, 1.82) is 0 Å². The highest BCUT2D eigenvalue weighted by atomic mass is 16.5. The van der Waals surface area contributed by atoms with Gasteiger partial charge in [0.1, 0.15) is 5.82 Å². The summed E-state index contributed by atoms with van der Waals surface area (Å²) in [7, 11) is 0. The third kappa shape index (κ3) is 3.29. The molecule has 2 rings (SSSR count). The van der Waals surface area contributed by atoms with Crippen molar-refractivity contribution in [3.8, 4) is 0 Å². The predicted molar refractivity (Wildman–Crippen MR) is 71.1 cm³/mol. The van der Waals surface area contributed by atoms with Gasteiger partial charge in [0.15, 0.2) is 6.29 Å². The fourth-order valence-electron chi connectivity index (χ4n) is 2.22. The average Bonchev–Trinajstić information content (AvgIpc) is 2.45. The Hall–Kier alpha value is -1.42. The summed E-state index contributed by atoms with van der Waals surface area (Å²) in [6.45, 7) is 4.86. The Morgan fingerprint density at radius 3 is 3.11 bits per heavy atom. The van der Waals surface area contributed by atoms with E-state index >= 15 is 0 Å². The molecule has 0 aromatic carbocycles. The molecule has 0 radical (unpaired) electrons. The summed E-state index contributed by atoms with van der Waals surface area (Å²) in [4.78, 5) is 17.2. The summed E-state index contributed by atoms with van der Waals surface area (Å²) in [5.41, 5.74) is 0.620. The fraction of sp³-hybridized carbons (Fsp3) is 0.571. The first kappa shape index (κ1) is 13.0. The number of nitrogens with zero attached hydrogens (tertiary/aromatic N) is 2. The molecular formula is C14H20N2O2. The fourth-order valence-corrected chi connectivity index (χ4v) is 2.22. The van der Waals surface area contributed by atoms with Gasteiger partial charge in [0.2, 0.25) is 0 Å². The molecule has 1 saturated heterocycles. The van der Waals surface area contributed by atoms with Crippen molar-refractivity contribution in [2.24, 2.45) is 0 Å². The summed E-state index contributed by atoms with van der Waals surface area (Å²) >= 11 is 0. The highest BCUT2D eigenvalue weighted by Gasteiger charge is 2.20. The van der Waals surface area contributed by atoms with Gasteiger partial charge in [-0.1, -0.05) is 6.92 Å². The third-order valence-corrected chi connectivity index (χ3v) is 3.17. The minimum atomic E-state index is 0.311. The van der Waals surface area contributed by atoms with Crippen LogP contribution in [0.4, 0.5) is 5.82 Å². The van der Waals surface area contributed by atoms with Crippen LogP contribution in [0.3, 0.4) is 0 Å². The first-order valence-electron chi connectivity index (χ1n) is 6.61. The molecule has 0 saturated carbocycles. The zero-order chi connectivity index (χ0) is 12.8. The van der Waals surface area contributed by atoms with Crippen molar-refractivity contribution in [3.63, 3.8) is 0 Å². The second kappa shape index (κ2) is 6.50. The van der Waals surface area contributed by atoms with Crippen LogP contribution in [0.1, 0.15) is 36.5 Å². The number of aromatic nitrogens is 1. The van der Waals surface area contributed by atoms with Crippen LogP contribution >= 0.6 is 0 Å². The number of hydrogen-bond donors (Lipinski definition) is 0. The van der Waals surface area contributed by atoms with Crippen molar-refractivity contribution in [1.82, 2.24) is 4.98 Å². The Balaban J connectivity index is 1.96. The highest BCUT2D eigenvalue weighted by molar-refractivity contribution is 5.74. The quantitative estimate of drug-likeness (QED) is 0.750. The summed E-state index contributed by atoms with van der Waals surface area (Å²) in [5.74, 6) is 0.936. The molecule has 4 heteroatoms. The minimum Gasteiger partial charge on any atom is -0.376 e. The van der Waals surface area contributed by atoms with Gasteiger partial charge in [-0.3, -0.25) is 4.79 Å². The second-order valence-corrected chi connectivity index (χ2v) is 4.65. The molecular weight excluding hydrogens is 228 g/mol. The molecule has 1 aromatic rings. The number of piperidine rings is 1. The van der Waals surface area contributed by atoms with Gasteiger partial charge in [0.05, 0.1) is 6.10 Å². The number of hydrogen-bond acceptors (Lipinski definition) is 4. The van der Waals surface area contributed by atoms with E-state index in [2.05, 4.69) is 16.8 Å². The van der Waals surface area contributed by atoms with Gasteiger partial charge in [-0.15, -0.1) is 0 Å². The Morgan fingerprint density at radius 1 is 1.56 bits per heavy atom. The SMILES string of the molecule is CCCOC1CCCN(c2ccc(C=O)cn2)C1. The van der Waals surface area contributed by atoms with Gasteiger partial charge < -0.3 is 9.64 Å². The largest absolute Gasteiger partial charge is 0.376 e. The number of carbonyl (C=O) groups excluding carboxylic acids is 1. The van der Waals surface area contributed by atoms with Crippen molar-refractivity contribution in [2.45, 2.75) is 32.3 Å². The molecule has 1 aliphatic rings. The number of pyridine rings is 1. The van der Waals surface area contributed by atoms with E-state index < -0.39 is 0 Å². The minimum absolute atomic E-state index is 0.311. The lowest BCUT2D eigenvalue weighted by atomic mass is 10.1. The van der Waals surface area contributed by atoms with Crippen LogP contribution in [0.2, 0.25) is 0 Å². The van der Waals surface area contributed by atoms with Crippen LogP contribution in [0, 0.1) is 0 Å². The normalized spacial score (nSPS) is 19.8. The summed E-state index contributed by atoms with van der Waals surface area (Å²) in [5, 5.41) is 0. The summed E-state index contributed by atoms with van der Waals surface area (Å²) in [6, 6.07) is 3.72. The lowest BCUT2D eigenvalue weighted by Crippen LogP contribution is -2.40. The van der Waals surface area contributed by atoms with Crippen LogP contribution < -0.4 is 4.90 Å². The Bertz CT molecular complexity index is 378.